The molecule has 1 amide bonds. The molecular weight excluding hydrogens is 250 g/mol. The number of carbonyl (C=O) groups excluding carboxylic acids is 1. The maximum absolute atomic E-state index is 11.9. The molecule has 5 heteroatoms. The molecule has 0 aromatic heterocycles. The number of nitrogens with one attached hydrogen (secondary N) is 2. The lowest BCUT2D eigenvalue weighted by atomic mass is 9.96. The second-order valence-corrected chi connectivity index (χ2v) is 5.50. The van der Waals surface area contributed by atoms with Gasteiger partial charge < -0.3 is 10.6 Å². The maximum atomic E-state index is 11.9. The molecule has 2 rings (SSSR count). The zero-order valence-corrected chi connectivity index (χ0v) is 12.3. The first-order chi connectivity index (χ1) is 8.20. The molecule has 18 heavy (non-hydrogen) atoms. The summed E-state index contributed by atoms with van der Waals surface area (Å²) in [5.74, 6) is 1.01. The number of piperidine rings is 1. The molecule has 0 radical (unpaired) electrons. The van der Waals surface area contributed by atoms with Crippen LogP contribution in [0, 0.1) is 5.92 Å². The number of likely N-dealkylation sites (tertiary alicyclic amines) is 1. The molecule has 1 unspecified atom stereocenters. The first kappa shape index (κ1) is 15.7. The molecule has 1 atom stereocenters. The van der Waals surface area contributed by atoms with Crippen LogP contribution in [0.4, 0.5) is 0 Å². The van der Waals surface area contributed by atoms with E-state index in [0.717, 1.165) is 25.6 Å². The predicted molar refractivity (Wildman–Crippen MR) is 76.1 cm³/mol. The van der Waals surface area contributed by atoms with E-state index in [1.807, 2.05) is 14.0 Å². The molecular formula is C13H26ClN3O. The minimum absolute atomic E-state index is 0. The fourth-order valence-electron chi connectivity index (χ4n) is 2.55. The van der Waals surface area contributed by atoms with Gasteiger partial charge in [0.05, 0.1) is 6.04 Å². The van der Waals surface area contributed by atoms with E-state index in [9.17, 15) is 4.79 Å². The van der Waals surface area contributed by atoms with E-state index in [2.05, 4.69) is 15.5 Å². The number of carbonyl (C=O) groups is 1. The number of amides is 1. The third-order valence-corrected chi connectivity index (χ3v) is 3.99. The molecule has 2 fully saturated rings. The van der Waals surface area contributed by atoms with Crippen LogP contribution in [0.1, 0.15) is 32.6 Å². The van der Waals surface area contributed by atoms with Gasteiger partial charge in [-0.3, -0.25) is 9.69 Å². The fraction of sp³-hybridized carbons (Fsp3) is 0.923. The Labute approximate surface area is 116 Å². The third-order valence-electron chi connectivity index (χ3n) is 3.99. The van der Waals surface area contributed by atoms with Crippen molar-refractivity contribution in [1.82, 2.24) is 15.5 Å². The van der Waals surface area contributed by atoms with E-state index in [0.29, 0.717) is 6.04 Å². The molecule has 0 bridgehead atoms. The van der Waals surface area contributed by atoms with Gasteiger partial charge in [-0.05, 0) is 65.2 Å². The summed E-state index contributed by atoms with van der Waals surface area (Å²) in [5.41, 5.74) is 0. The Morgan fingerprint density at radius 1 is 1.28 bits per heavy atom. The molecule has 0 aromatic rings. The van der Waals surface area contributed by atoms with Crippen LogP contribution in [0.3, 0.4) is 0 Å². The van der Waals surface area contributed by atoms with Gasteiger partial charge in [0.1, 0.15) is 0 Å². The molecule has 1 saturated heterocycles. The van der Waals surface area contributed by atoms with Gasteiger partial charge in [-0.25, -0.2) is 0 Å². The van der Waals surface area contributed by atoms with Crippen LogP contribution in [0.5, 0.6) is 0 Å². The van der Waals surface area contributed by atoms with Crippen LogP contribution in [-0.2, 0) is 4.79 Å². The first-order valence-corrected chi connectivity index (χ1v) is 6.89. The normalized spacial score (nSPS) is 23.2. The first-order valence-electron chi connectivity index (χ1n) is 6.89. The van der Waals surface area contributed by atoms with E-state index in [1.165, 1.54) is 25.7 Å². The minimum Gasteiger partial charge on any atom is -0.352 e. The smallest absolute Gasteiger partial charge is 0.237 e. The quantitative estimate of drug-likeness (QED) is 0.787. The maximum Gasteiger partial charge on any atom is 0.237 e. The Morgan fingerprint density at radius 2 is 1.89 bits per heavy atom. The van der Waals surface area contributed by atoms with Crippen molar-refractivity contribution in [2.45, 2.75) is 44.7 Å². The standard InChI is InChI=1S/C13H25N3O.ClH/c1-10(13(17)15-12-3-4-12)16-7-5-11(6-8-16)9-14-2;/h10-12,14H,3-9H2,1-2H3,(H,15,17);1H. The highest BCUT2D eigenvalue weighted by molar-refractivity contribution is 5.85. The van der Waals surface area contributed by atoms with Crippen molar-refractivity contribution in [1.29, 1.82) is 0 Å². The van der Waals surface area contributed by atoms with Crippen molar-refractivity contribution >= 4 is 18.3 Å². The summed E-state index contributed by atoms with van der Waals surface area (Å²) in [6.07, 6.45) is 4.76. The Hall–Kier alpha value is -0.320. The van der Waals surface area contributed by atoms with Gasteiger partial charge in [-0.1, -0.05) is 0 Å². The predicted octanol–water partition coefficient (Wildman–Crippen LogP) is 1.01. The van der Waals surface area contributed by atoms with Crippen molar-refractivity contribution in [2.75, 3.05) is 26.7 Å². The highest BCUT2D eigenvalue weighted by Crippen LogP contribution is 2.21. The van der Waals surface area contributed by atoms with Gasteiger partial charge in [0.15, 0.2) is 0 Å². The van der Waals surface area contributed by atoms with Crippen molar-refractivity contribution < 1.29 is 4.79 Å². The molecule has 1 aliphatic carbocycles. The molecule has 2 N–H and O–H groups in total. The third kappa shape index (κ3) is 4.41. The zero-order valence-electron chi connectivity index (χ0n) is 11.4. The molecule has 2 aliphatic rings. The van der Waals surface area contributed by atoms with Crippen molar-refractivity contribution in [3.63, 3.8) is 0 Å². The van der Waals surface area contributed by atoms with Crippen LogP contribution < -0.4 is 10.6 Å². The summed E-state index contributed by atoms with van der Waals surface area (Å²) >= 11 is 0. The van der Waals surface area contributed by atoms with Gasteiger partial charge in [-0.15, -0.1) is 12.4 Å². The van der Waals surface area contributed by atoms with E-state index < -0.39 is 0 Å². The highest BCUT2D eigenvalue weighted by Gasteiger charge is 2.30. The van der Waals surface area contributed by atoms with Gasteiger partial charge >= 0.3 is 0 Å². The van der Waals surface area contributed by atoms with Gasteiger partial charge in [-0.2, -0.15) is 0 Å². The van der Waals surface area contributed by atoms with Gasteiger partial charge in [0, 0.05) is 6.04 Å². The Bertz CT molecular complexity index is 263. The summed E-state index contributed by atoms with van der Waals surface area (Å²) in [6, 6.07) is 0.526. The summed E-state index contributed by atoms with van der Waals surface area (Å²) in [4.78, 5) is 14.3. The molecule has 106 valence electrons. The Balaban J connectivity index is 0.00000162. The second-order valence-electron chi connectivity index (χ2n) is 5.50. The topological polar surface area (TPSA) is 44.4 Å². The highest BCUT2D eigenvalue weighted by atomic mass is 35.5. The van der Waals surface area contributed by atoms with Crippen molar-refractivity contribution in [3.8, 4) is 0 Å². The van der Waals surface area contributed by atoms with Gasteiger partial charge in [0.2, 0.25) is 5.91 Å². The van der Waals surface area contributed by atoms with E-state index in [1.54, 1.807) is 0 Å². The van der Waals surface area contributed by atoms with Crippen LogP contribution in [0.25, 0.3) is 0 Å². The van der Waals surface area contributed by atoms with Gasteiger partial charge in [0.25, 0.3) is 0 Å². The lowest BCUT2D eigenvalue weighted by Gasteiger charge is -2.35. The Morgan fingerprint density at radius 3 is 2.39 bits per heavy atom. The largest absolute Gasteiger partial charge is 0.352 e. The number of rotatable bonds is 5. The van der Waals surface area contributed by atoms with Crippen LogP contribution in [0.15, 0.2) is 0 Å². The summed E-state index contributed by atoms with van der Waals surface area (Å²) in [6.45, 7) is 5.27. The molecule has 1 aliphatic heterocycles. The van der Waals surface area contributed by atoms with Crippen molar-refractivity contribution in [2.24, 2.45) is 5.92 Å². The monoisotopic (exact) mass is 275 g/mol. The number of halogens is 1. The van der Waals surface area contributed by atoms with E-state index in [-0.39, 0.29) is 24.4 Å². The molecule has 4 nitrogen and oxygen atoms in total. The summed E-state index contributed by atoms with van der Waals surface area (Å²) in [7, 11) is 2.01. The number of hydrogen-bond donors (Lipinski definition) is 2. The van der Waals surface area contributed by atoms with E-state index in [4.69, 9.17) is 0 Å². The average molecular weight is 276 g/mol. The molecule has 1 heterocycles. The van der Waals surface area contributed by atoms with Crippen molar-refractivity contribution in [3.05, 3.63) is 0 Å². The van der Waals surface area contributed by atoms with E-state index >= 15 is 0 Å². The number of nitrogens with zero attached hydrogens (tertiary/aromatic N) is 1. The average Bonchev–Trinajstić information content (AvgIpc) is 3.13. The summed E-state index contributed by atoms with van der Waals surface area (Å²) < 4.78 is 0. The SMILES string of the molecule is CNCC1CCN(C(C)C(=O)NC2CC2)CC1.Cl. The zero-order chi connectivity index (χ0) is 12.3. The minimum atomic E-state index is 0. The molecule has 1 saturated carbocycles. The number of hydrogen-bond acceptors (Lipinski definition) is 3. The Kier molecular flexibility index (Phi) is 6.39. The molecule has 0 spiro atoms. The van der Waals surface area contributed by atoms with Crippen LogP contribution >= 0.6 is 12.4 Å². The fourth-order valence-corrected chi connectivity index (χ4v) is 2.55. The summed E-state index contributed by atoms with van der Waals surface area (Å²) in [5, 5.41) is 6.34. The van der Waals surface area contributed by atoms with Crippen LogP contribution in [-0.4, -0.2) is 49.6 Å². The lowest BCUT2D eigenvalue weighted by Crippen LogP contribution is -2.49. The second kappa shape index (κ2) is 7.31. The lowest BCUT2D eigenvalue weighted by molar-refractivity contribution is -0.126. The van der Waals surface area contributed by atoms with Crippen LogP contribution in [0.2, 0.25) is 0 Å². The molecule has 0 aromatic carbocycles.